The zero-order chi connectivity index (χ0) is 9.68. The molecule has 0 spiro atoms. The summed E-state index contributed by atoms with van der Waals surface area (Å²) in [5.41, 5.74) is 1.74. The van der Waals surface area contributed by atoms with E-state index < -0.39 is 0 Å². The first kappa shape index (κ1) is 10.1. The van der Waals surface area contributed by atoms with E-state index in [0.29, 0.717) is 6.54 Å². The molecule has 1 aromatic carbocycles. The van der Waals surface area contributed by atoms with Gasteiger partial charge >= 0.3 is 0 Å². The van der Waals surface area contributed by atoms with Gasteiger partial charge in [-0.3, -0.25) is 0 Å². The molecule has 0 aliphatic heterocycles. The second-order valence-electron chi connectivity index (χ2n) is 3.06. The molecule has 0 aromatic heterocycles. The number of nitrogens with one attached hydrogen (secondary N) is 1. The zero-order valence-electron chi connectivity index (χ0n) is 7.83. The van der Waals surface area contributed by atoms with Gasteiger partial charge in [-0.05, 0) is 18.6 Å². The van der Waals surface area contributed by atoms with Crippen molar-refractivity contribution in [2.45, 2.75) is 19.4 Å². The summed E-state index contributed by atoms with van der Waals surface area (Å²) in [6, 6.07) is 7.47. The Bertz CT molecular complexity index is 248. The maximum absolute atomic E-state index is 9.29. The van der Waals surface area contributed by atoms with E-state index in [9.17, 15) is 5.11 Å². The van der Waals surface area contributed by atoms with E-state index in [1.807, 2.05) is 31.2 Å². The Balaban J connectivity index is 2.41. The van der Waals surface area contributed by atoms with Crippen molar-refractivity contribution in [3.63, 3.8) is 0 Å². The van der Waals surface area contributed by atoms with Crippen molar-refractivity contribution in [3.8, 4) is 0 Å². The van der Waals surface area contributed by atoms with Crippen LogP contribution in [0.1, 0.15) is 13.3 Å². The highest BCUT2D eigenvalue weighted by molar-refractivity contribution is 6.32. The van der Waals surface area contributed by atoms with Crippen molar-refractivity contribution in [1.29, 1.82) is 0 Å². The lowest BCUT2D eigenvalue weighted by Gasteiger charge is -2.10. The number of benzene rings is 1. The van der Waals surface area contributed by atoms with Crippen LogP contribution >= 0.6 is 0 Å². The first-order chi connectivity index (χ1) is 6.22. The fraction of sp³-hybridized carbons (Fsp3) is 0.400. The minimum atomic E-state index is -0.280. The molecule has 1 aromatic rings. The Hall–Kier alpha value is -0.955. The third-order valence-corrected chi connectivity index (χ3v) is 1.92. The van der Waals surface area contributed by atoms with E-state index in [1.165, 1.54) is 0 Å². The average Bonchev–Trinajstić information content (AvgIpc) is 2.16. The van der Waals surface area contributed by atoms with E-state index in [-0.39, 0.29) is 6.10 Å². The van der Waals surface area contributed by atoms with Crippen LogP contribution in [0, 0.1) is 0 Å². The van der Waals surface area contributed by atoms with Gasteiger partial charge in [-0.1, -0.05) is 24.5 Å². The Kier molecular flexibility index (Phi) is 3.84. The van der Waals surface area contributed by atoms with Crippen LogP contribution in [0.4, 0.5) is 5.69 Å². The lowest BCUT2D eigenvalue weighted by atomic mass is 9.96. The molecular formula is C10H14BNO. The van der Waals surface area contributed by atoms with Gasteiger partial charge in [0.25, 0.3) is 0 Å². The molecule has 2 N–H and O–H groups in total. The lowest BCUT2D eigenvalue weighted by molar-refractivity contribution is 0.183. The topological polar surface area (TPSA) is 32.3 Å². The maximum Gasteiger partial charge on any atom is 0.113 e. The number of anilines is 1. The number of hydrogen-bond acceptors (Lipinski definition) is 2. The number of aliphatic hydroxyl groups excluding tert-OH is 1. The molecule has 0 fully saturated rings. The normalized spacial score (nSPS) is 12.5. The van der Waals surface area contributed by atoms with Crippen LogP contribution in [0.5, 0.6) is 0 Å². The third kappa shape index (κ3) is 3.51. The van der Waals surface area contributed by atoms with Crippen LogP contribution in [0.25, 0.3) is 0 Å². The van der Waals surface area contributed by atoms with Crippen molar-refractivity contribution >= 4 is 19.0 Å². The second-order valence-corrected chi connectivity index (χ2v) is 3.06. The van der Waals surface area contributed by atoms with E-state index >= 15 is 0 Å². The number of hydrogen-bond donors (Lipinski definition) is 2. The Morgan fingerprint density at radius 3 is 2.54 bits per heavy atom. The maximum atomic E-state index is 9.29. The van der Waals surface area contributed by atoms with Crippen molar-refractivity contribution in [2.24, 2.45) is 0 Å². The average molecular weight is 175 g/mol. The summed E-state index contributed by atoms with van der Waals surface area (Å²) in [4.78, 5) is 0. The van der Waals surface area contributed by atoms with Gasteiger partial charge < -0.3 is 10.4 Å². The Morgan fingerprint density at radius 1 is 1.38 bits per heavy atom. The summed E-state index contributed by atoms with van der Waals surface area (Å²) in [7, 11) is 5.53. The van der Waals surface area contributed by atoms with Crippen molar-refractivity contribution in [1.82, 2.24) is 0 Å². The summed E-state index contributed by atoms with van der Waals surface area (Å²) >= 11 is 0. The number of rotatable bonds is 4. The fourth-order valence-electron chi connectivity index (χ4n) is 0.981. The van der Waals surface area contributed by atoms with E-state index in [4.69, 9.17) is 7.85 Å². The summed E-state index contributed by atoms with van der Waals surface area (Å²) in [6.07, 6.45) is 0.486. The Morgan fingerprint density at radius 2 is 2.00 bits per heavy atom. The summed E-state index contributed by atoms with van der Waals surface area (Å²) in [5, 5.41) is 12.4. The SMILES string of the molecule is [B]c1ccc(NCC(O)CC)cc1. The van der Waals surface area contributed by atoms with Gasteiger partial charge in [-0.2, -0.15) is 0 Å². The molecule has 3 heteroatoms. The van der Waals surface area contributed by atoms with E-state index in [0.717, 1.165) is 17.6 Å². The zero-order valence-corrected chi connectivity index (χ0v) is 7.83. The van der Waals surface area contributed by atoms with Crippen LogP contribution in [0.3, 0.4) is 0 Å². The highest BCUT2D eigenvalue weighted by Gasteiger charge is 1.98. The molecule has 0 heterocycles. The smallest absolute Gasteiger partial charge is 0.113 e. The predicted octanol–water partition coefficient (Wildman–Crippen LogP) is 0.663. The van der Waals surface area contributed by atoms with E-state index in [1.54, 1.807) is 0 Å². The standard InChI is InChI=1S/C10H14BNO/c1-2-10(13)7-12-9-5-3-8(11)4-6-9/h3-6,10,12-13H,2,7H2,1H3. The quantitative estimate of drug-likeness (QED) is 0.659. The van der Waals surface area contributed by atoms with Gasteiger partial charge in [0.1, 0.15) is 7.85 Å². The van der Waals surface area contributed by atoms with Gasteiger partial charge in [-0.25, -0.2) is 0 Å². The molecule has 1 rings (SSSR count). The Labute approximate surface area is 80.4 Å². The second kappa shape index (κ2) is 4.92. The summed E-state index contributed by atoms with van der Waals surface area (Å²) < 4.78 is 0. The van der Waals surface area contributed by atoms with E-state index in [2.05, 4.69) is 5.32 Å². The number of aliphatic hydroxyl groups is 1. The fourth-order valence-corrected chi connectivity index (χ4v) is 0.981. The van der Waals surface area contributed by atoms with Crippen molar-refractivity contribution < 1.29 is 5.11 Å². The monoisotopic (exact) mass is 175 g/mol. The van der Waals surface area contributed by atoms with Gasteiger partial charge in [0.05, 0.1) is 6.10 Å². The third-order valence-electron chi connectivity index (χ3n) is 1.92. The predicted molar refractivity (Wildman–Crippen MR) is 56.6 cm³/mol. The van der Waals surface area contributed by atoms with Crippen LogP contribution in [-0.4, -0.2) is 25.6 Å². The molecule has 0 aliphatic carbocycles. The molecule has 0 amide bonds. The molecule has 0 saturated carbocycles. The molecule has 1 unspecified atom stereocenters. The molecule has 2 nitrogen and oxygen atoms in total. The van der Waals surface area contributed by atoms with Gasteiger partial charge in [0.15, 0.2) is 0 Å². The minimum Gasteiger partial charge on any atom is -0.391 e. The molecule has 0 aliphatic rings. The van der Waals surface area contributed by atoms with Gasteiger partial charge in [0, 0.05) is 12.2 Å². The van der Waals surface area contributed by atoms with Crippen molar-refractivity contribution in [3.05, 3.63) is 24.3 Å². The molecule has 13 heavy (non-hydrogen) atoms. The lowest BCUT2D eigenvalue weighted by Crippen LogP contribution is -2.18. The minimum absolute atomic E-state index is 0.280. The highest BCUT2D eigenvalue weighted by atomic mass is 16.3. The molecule has 68 valence electrons. The largest absolute Gasteiger partial charge is 0.391 e. The van der Waals surface area contributed by atoms with Crippen LogP contribution in [0.2, 0.25) is 0 Å². The molecular weight excluding hydrogens is 161 g/mol. The van der Waals surface area contributed by atoms with Crippen LogP contribution in [-0.2, 0) is 0 Å². The summed E-state index contributed by atoms with van der Waals surface area (Å²) in [5.74, 6) is 0. The first-order valence-electron chi connectivity index (χ1n) is 4.50. The van der Waals surface area contributed by atoms with Gasteiger partial charge in [0.2, 0.25) is 0 Å². The van der Waals surface area contributed by atoms with Gasteiger partial charge in [-0.15, -0.1) is 0 Å². The summed E-state index contributed by atoms with van der Waals surface area (Å²) in [6.45, 7) is 2.54. The first-order valence-corrected chi connectivity index (χ1v) is 4.50. The van der Waals surface area contributed by atoms with Crippen LogP contribution in [0.15, 0.2) is 24.3 Å². The molecule has 0 bridgehead atoms. The van der Waals surface area contributed by atoms with Crippen LogP contribution < -0.4 is 10.8 Å². The van der Waals surface area contributed by atoms with Crippen molar-refractivity contribution in [2.75, 3.05) is 11.9 Å². The molecule has 1 atom stereocenters. The molecule has 2 radical (unpaired) electrons. The molecule has 0 saturated heterocycles. The highest BCUT2D eigenvalue weighted by Crippen LogP contribution is 2.03.